The summed E-state index contributed by atoms with van der Waals surface area (Å²) in [5.74, 6) is 0. The fourth-order valence-corrected chi connectivity index (χ4v) is 10.8. The van der Waals surface area contributed by atoms with Crippen LogP contribution in [0.4, 0.5) is 28.4 Å². The molecule has 0 radical (unpaired) electrons. The molecule has 7 aromatic rings. The van der Waals surface area contributed by atoms with E-state index in [4.69, 9.17) is 0 Å². The molecule has 0 saturated heterocycles. The molecule has 56 heavy (non-hydrogen) atoms. The van der Waals surface area contributed by atoms with Crippen LogP contribution in [0.5, 0.6) is 0 Å². The first-order valence-corrected chi connectivity index (χ1v) is 20.3. The van der Waals surface area contributed by atoms with Gasteiger partial charge in [-0.05, 0) is 109 Å². The smallest absolute Gasteiger partial charge is 0.333 e. The first-order chi connectivity index (χ1) is 26.9. The average molecular weight is 723 g/mol. The second-order valence-corrected chi connectivity index (χ2v) is 18.7. The Morgan fingerprint density at radius 2 is 1.16 bits per heavy atom. The predicted octanol–water partition coefficient (Wildman–Crippen LogP) is 12.6. The van der Waals surface area contributed by atoms with E-state index in [0.29, 0.717) is 0 Å². The number of hydrogen-bond donors (Lipinski definition) is 0. The van der Waals surface area contributed by atoms with Crippen LogP contribution in [0.1, 0.15) is 81.8 Å². The van der Waals surface area contributed by atoms with Crippen LogP contribution in [0.15, 0.2) is 140 Å². The SMILES string of the molecule is Cc1cc2c3c(c1)N(c1ccc(C(C)(C)C)cc1-c1ccccc1)c1cc4c(cc1B3N1c3ccccc3C(C)(C)c3cccc-2c31)-c1ccccc1C4(C)C. The van der Waals surface area contributed by atoms with E-state index in [2.05, 4.69) is 205 Å². The summed E-state index contributed by atoms with van der Waals surface area (Å²) < 4.78 is 0. The third-order valence-electron chi connectivity index (χ3n) is 13.6. The first kappa shape index (κ1) is 33.5. The van der Waals surface area contributed by atoms with E-state index >= 15 is 0 Å². The van der Waals surface area contributed by atoms with E-state index in [1.165, 1.54) is 106 Å². The summed E-state index contributed by atoms with van der Waals surface area (Å²) in [7, 11) is 0. The molecule has 3 heterocycles. The van der Waals surface area contributed by atoms with E-state index in [1.54, 1.807) is 0 Å². The Bertz CT molecular complexity index is 2820. The van der Waals surface area contributed by atoms with E-state index < -0.39 is 0 Å². The normalized spacial score (nSPS) is 16.0. The minimum atomic E-state index is -0.146. The van der Waals surface area contributed by atoms with Crippen molar-refractivity contribution in [1.29, 1.82) is 0 Å². The quantitative estimate of drug-likeness (QED) is 0.164. The topological polar surface area (TPSA) is 6.48 Å². The van der Waals surface area contributed by atoms with Gasteiger partial charge in [-0.25, -0.2) is 0 Å². The highest BCUT2D eigenvalue weighted by atomic mass is 15.2. The van der Waals surface area contributed by atoms with Crippen LogP contribution < -0.4 is 20.6 Å². The summed E-state index contributed by atoms with van der Waals surface area (Å²) in [5, 5.41) is 0. The van der Waals surface area contributed by atoms with E-state index in [0.717, 1.165) is 0 Å². The zero-order valence-corrected chi connectivity index (χ0v) is 33.8. The molecular formula is C53H47BN2. The summed E-state index contributed by atoms with van der Waals surface area (Å²) in [6.45, 7) is 18.9. The van der Waals surface area contributed by atoms with Gasteiger partial charge in [0.25, 0.3) is 0 Å². The van der Waals surface area contributed by atoms with Crippen LogP contribution in [0.2, 0.25) is 0 Å². The molecule has 4 aliphatic rings. The lowest BCUT2D eigenvalue weighted by molar-refractivity contribution is 0.590. The van der Waals surface area contributed by atoms with E-state index in [1.807, 2.05) is 0 Å². The maximum Gasteiger partial charge on any atom is 0.333 e. The second kappa shape index (κ2) is 11.2. The highest BCUT2D eigenvalue weighted by Crippen LogP contribution is 2.58. The molecule has 2 nitrogen and oxygen atoms in total. The third-order valence-corrected chi connectivity index (χ3v) is 13.6. The van der Waals surface area contributed by atoms with Crippen molar-refractivity contribution in [3.8, 4) is 33.4 Å². The fraction of sp³-hybridized carbons (Fsp3) is 0.208. The van der Waals surface area contributed by atoms with Crippen molar-refractivity contribution in [2.24, 2.45) is 0 Å². The molecule has 11 rings (SSSR count). The van der Waals surface area contributed by atoms with Gasteiger partial charge in [0.15, 0.2) is 0 Å². The van der Waals surface area contributed by atoms with Gasteiger partial charge < -0.3 is 9.71 Å². The molecule has 0 saturated carbocycles. The lowest BCUT2D eigenvalue weighted by Gasteiger charge is -2.51. The fourth-order valence-electron chi connectivity index (χ4n) is 10.8. The van der Waals surface area contributed by atoms with Crippen molar-refractivity contribution in [3.63, 3.8) is 0 Å². The Morgan fingerprint density at radius 1 is 0.482 bits per heavy atom. The number of benzene rings is 7. The van der Waals surface area contributed by atoms with Crippen molar-refractivity contribution in [1.82, 2.24) is 0 Å². The van der Waals surface area contributed by atoms with Crippen LogP contribution in [-0.4, -0.2) is 6.85 Å². The van der Waals surface area contributed by atoms with E-state index in [9.17, 15) is 0 Å². The Labute approximate surface area is 332 Å². The van der Waals surface area contributed by atoms with Crippen LogP contribution in [-0.2, 0) is 16.2 Å². The molecule has 0 bridgehead atoms. The van der Waals surface area contributed by atoms with Gasteiger partial charge in [-0.1, -0.05) is 158 Å². The predicted molar refractivity (Wildman–Crippen MR) is 239 cm³/mol. The maximum absolute atomic E-state index is 2.72. The molecular weight excluding hydrogens is 675 g/mol. The summed E-state index contributed by atoms with van der Waals surface area (Å²) in [6, 6.07) is 53.6. The number of fused-ring (bicyclic) bond motifs is 9. The van der Waals surface area contributed by atoms with Crippen molar-refractivity contribution >= 4 is 46.2 Å². The Kier molecular flexibility index (Phi) is 6.68. The number of hydrogen-bond acceptors (Lipinski definition) is 2. The summed E-state index contributed by atoms with van der Waals surface area (Å²) in [4.78, 5) is 5.36. The Balaban J connectivity index is 1.30. The number of nitrogens with zero attached hydrogens (tertiary/aromatic N) is 2. The molecule has 0 aromatic heterocycles. The largest absolute Gasteiger partial charge is 0.376 e. The maximum atomic E-state index is 2.72. The molecule has 0 amide bonds. The minimum absolute atomic E-state index is 0.00291. The van der Waals surface area contributed by atoms with E-state index in [-0.39, 0.29) is 23.1 Å². The van der Waals surface area contributed by atoms with Crippen molar-refractivity contribution in [3.05, 3.63) is 173 Å². The molecule has 0 spiro atoms. The summed E-state index contributed by atoms with van der Waals surface area (Å²) in [6.07, 6.45) is 0. The molecule has 0 N–H and O–H groups in total. The molecule has 0 fully saturated rings. The highest BCUT2D eigenvalue weighted by Gasteiger charge is 2.51. The zero-order valence-electron chi connectivity index (χ0n) is 33.8. The van der Waals surface area contributed by atoms with Gasteiger partial charge in [-0.3, -0.25) is 0 Å². The van der Waals surface area contributed by atoms with Crippen LogP contribution in [0.3, 0.4) is 0 Å². The molecule has 7 aromatic carbocycles. The molecule has 0 atom stereocenters. The van der Waals surface area contributed by atoms with Crippen LogP contribution in [0.25, 0.3) is 33.4 Å². The molecule has 3 heteroatoms. The van der Waals surface area contributed by atoms with Gasteiger partial charge in [0.1, 0.15) is 0 Å². The Morgan fingerprint density at radius 3 is 1.95 bits per heavy atom. The highest BCUT2D eigenvalue weighted by molar-refractivity contribution is 6.93. The number of aryl methyl sites for hydroxylation is 1. The zero-order chi connectivity index (χ0) is 38.5. The third kappa shape index (κ3) is 4.35. The molecule has 272 valence electrons. The monoisotopic (exact) mass is 722 g/mol. The number of anilines is 5. The van der Waals surface area contributed by atoms with Crippen molar-refractivity contribution in [2.45, 2.75) is 71.6 Å². The minimum Gasteiger partial charge on any atom is -0.376 e. The second-order valence-electron chi connectivity index (χ2n) is 18.7. The van der Waals surface area contributed by atoms with Gasteiger partial charge in [-0.2, -0.15) is 0 Å². The molecule has 3 aliphatic heterocycles. The van der Waals surface area contributed by atoms with Gasteiger partial charge in [0.2, 0.25) is 0 Å². The van der Waals surface area contributed by atoms with Gasteiger partial charge in [0.05, 0.1) is 5.69 Å². The summed E-state index contributed by atoms with van der Waals surface area (Å²) in [5.41, 5.74) is 24.9. The number of rotatable bonds is 2. The lowest BCUT2D eigenvalue weighted by atomic mass is 9.42. The first-order valence-electron chi connectivity index (χ1n) is 20.3. The van der Waals surface area contributed by atoms with Gasteiger partial charge in [-0.15, -0.1) is 0 Å². The van der Waals surface area contributed by atoms with Crippen LogP contribution >= 0.6 is 0 Å². The van der Waals surface area contributed by atoms with Gasteiger partial charge in [0, 0.05) is 44.7 Å². The van der Waals surface area contributed by atoms with Crippen molar-refractivity contribution in [2.75, 3.05) is 9.71 Å². The summed E-state index contributed by atoms with van der Waals surface area (Å²) >= 11 is 0. The van der Waals surface area contributed by atoms with Gasteiger partial charge >= 0.3 is 6.85 Å². The Hall–Kier alpha value is -5.80. The van der Waals surface area contributed by atoms with Crippen LogP contribution in [0, 0.1) is 6.92 Å². The lowest BCUT2D eigenvalue weighted by Crippen LogP contribution is -2.63. The standard InChI is InChI=1S/C53H47BN2/c1-32-27-39-36-20-16-23-42-50(36)56(46-24-15-14-22-41(46)53(42,7)8)54-44-30-38-35-19-12-13-21-40(35)52(5,6)43(38)31-47(44)55(48(28-32)49(39)54)45-26-25-34(51(2,3)4)29-37(45)33-17-10-9-11-18-33/h9-31H,1-8H3. The molecule has 1 aliphatic carbocycles. The van der Waals surface area contributed by atoms with Crippen molar-refractivity contribution < 1.29 is 0 Å². The number of para-hydroxylation sites is 2. The molecule has 0 unspecified atom stereocenters. The average Bonchev–Trinajstić information content (AvgIpc) is 3.41.